The Morgan fingerprint density at radius 3 is 2.00 bits per heavy atom. The molecule has 1 heterocycles. The third-order valence-electron chi connectivity index (χ3n) is 6.69. The molecule has 2 aromatic carbocycles. The Morgan fingerprint density at radius 1 is 0.897 bits per heavy atom. The van der Waals surface area contributed by atoms with Gasteiger partial charge in [0.15, 0.2) is 0 Å². The molecule has 5 nitrogen and oxygen atoms in total. The maximum Gasteiger partial charge on any atom is 0.343 e. The molecule has 3 aliphatic rings. The Bertz CT molecular complexity index is 977. The van der Waals surface area contributed by atoms with E-state index >= 15 is 0 Å². The van der Waals surface area contributed by atoms with Gasteiger partial charge in [-0.1, -0.05) is 6.07 Å². The number of rotatable bonds is 3. The van der Waals surface area contributed by atoms with Crippen molar-refractivity contribution in [3.63, 3.8) is 0 Å². The van der Waals surface area contributed by atoms with Crippen molar-refractivity contribution in [2.45, 2.75) is 33.1 Å². The predicted molar refractivity (Wildman–Crippen MR) is 108 cm³/mol. The highest BCUT2D eigenvalue weighted by atomic mass is 16.5. The number of ether oxygens (including phenoxy) is 1. The second-order valence-electron chi connectivity index (χ2n) is 8.66. The van der Waals surface area contributed by atoms with Gasteiger partial charge < -0.3 is 4.74 Å². The van der Waals surface area contributed by atoms with Crippen LogP contribution in [0.1, 0.15) is 40.7 Å². The van der Waals surface area contributed by atoms with Gasteiger partial charge in [-0.05, 0) is 92.5 Å². The maximum absolute atomic E-state index is 12.9. The lowest BCUT2D eigenvalue weighted by Crippen LogP contribution is -2.32. The molecule has 5 rings (SSSR count). The second kappa shape index (κ2) is 6.55. The highest BCUT2D eigenvalue weighted by Gasteiger charge is 2.61. The van der Waals surface area contributed by atoms with Crippen LogP contribution in [0.2, 0.25) is 0 Å². The number of amides is 2. The molecular weight excluding hydrogens is 366 g/mol. The zero-order valence-corrected chi connectivity index (χ0v) is 16.6. The molecule has 4 atom stereocenters. The molecule has 148 valence electrons. The van der Waals surface area contributed by atoms with E-state index in [1.54, 1.807) is 24.3 Å². The van der Waals surface area contributed by atoms with Crippen molar-refractivity contribution in [2.24, 2.45) is 23.7 Å². The zero-order chi connectivity index (χ0) is 20.3. The van der Waals surface area contributed by atoms with E-state index in [0.717, 1.165) is 30.4 Å². The fourth-order valence-corrected chi connectivity index (χ4v) is 5.57. The summed E-state index contributed by atoms with van der Waals surface area (Å²) >= 11 is 0. The van der Waals surface area contributed by atoms with Crippen molar-refractivity contribution in [2.75, 3.05) is 4.90 Å². The number of carbonyl (C=O) groups excluding carboxylic acids is 3. The number of fused-ring (bicyclic) bond motifs is 5. The quantitative estimate of drug-likeness (QED) is 0.451. The van der Waals surface area contributed by atoms with E-state index < -0.39 is 5.97 Å². The molecule has 5 heteroatoms. The number of nitrogens with zero attached hydrogens (tertiary/aromatic N) is 1. The van der Waals surface area contributed by atoms with Crippen molar-refractivity contribution in [3.05, 3.63) is 59.2 Å². The van der Waals surface area contributed by atoms with Gasteiger partial charge in [0.25, 0.3) is 0 Å². The molecular formula is C24H23NO4. The number of imide groups is 1. The number of anilines is 1. The van der Waals surface area contributed by atoms with Crippen LogP contribution < -0.4 is 9.64 Å². The van der Waals surface area contributed by atoms with Crippen LogP contribution in [-0.4, -0.2) is 17.8 Å². The number of carbonyl (C=O) groups is 3. The summed E-state index contributed by atoms with van der Waals surface area (Å²) in [6.07, 6.45) is 3.13. The minimum absolute atomic E-state index is 0.0715. The molecule has 1 saturated heterocycles. The van der Waals surface area contributed by atoms with Gasteiger partial charge in [0.2, 0.25) is 11.8 Å². The Hall–Kier alpha value is -2.95. The van der Waals surface area contributed by atoms with E-state index in [1.165, 1.54) is 4.90 Å². The average molecular weight is 389 g/mol. The van der Waals surface area contributed by atoms with E-state index in [1.807, 2.05) is 32.0 Å². The topological polar surface area (TPSA) is 63.7 Å². The molecule has 0 unspecified atom stereocenters. The fourth-order valence-electron chi connectivity index (χ4n) is 5.57. The molecule has 3 fully saturated rings. The van der Waals surface area contributed by atoms with Crippen LogP contribution in [-0.2, 0) is 9.59 Å². The average Bonchev–Trinajstić information content (AvgIpc) is 3.35. The predicted octanol–water partition coefficient (Wildman–Crippen LogP) is 4.06. The minimum atomic E-state index is -0.462. The highest BCUT2D eigenvalue weighted by molar-refractivity contribution is 6.22. The smallest absolute Gasteiger partial charge is 0.343 e. The van der Waals surface area contributed by atoms with E-state index in [4.69, 9.17) is 4.74 Å². The molecule has 0 radical (unpaired) electrons. The first-order valence-electron chi connectivity index (χ1n) is 10.2. The first-order chi connectivity index (χ1) is 13.9. The summed E-state index contributed by atoms with van der Waals surface area (Å²) in [5.74, 6) is 0.332. The number of benzene rings is 2. The van der Waals surface area contributed by atoms with Gasteiger partial charge in [-0.3, -0.25) is 14.5 Å². The lowest BCUT2D eigenvalue weighted by atomic mass is 9.81. The summed E-state index contributed by atoms with van der Waals surface area (Å²) < 4.78 is 5.48. The Balaban J connectivity index is 1.34. The van der Waals surface area contributed by atoms with Crippen LogP contribution in [0, 0.1) is 37.5 Å². The summed E-state index contributed by atoms with van der Waals surface area (Å²) in [4.78, 5) is 39.7. The number of hydrogen-bond acceptors (Lipinski definition) is 4. The van der Waals surface area contributed by atoms with Crippen molar-refractivity contribution >= 4 is 23.5 Å². The monoisotopic (exact) mass is 389 g/mol. The van der Waals surface area contributed by atoms with Crippen LogP contribution in [0.3, 0.4) is 0 Å². The Morgan fingerprint density at radius 2 is 1.45 bits per heavy atom. The molecule has 2 amide bonds. The SMILES string of the molecule is Cc1cc(C)cc(OC(=O)c2ccc(N3C(=O)[C@@H]4[C@H]5CC[C@@H](C5)[C@H]4C3=O)cc2)c1. The van der Waals surface area contributed by atoms with Crippen LogP contribution >= 0.6 is 0 Å². The third kappa shape index (κ3) is 2.87. The van der Waals surface area contributed by atoms with Gasteiger partial charge in [-0.2, -0.15) is 0 Å². The van der Waals surface area contributed by atoms with Crippen LogP contribution in [0.15, 0.2) is 42.5 Å². The molecule has 2 aromatic rings. The van der Waals surface area contributed by atoms with E-state index in [-0.39, 0.29) is 23.7 Å². The third-order valence-corrected chi connectivity index (χ3v) is 6.69. The van der Waals surface area contributed by atoms with Gasteiger partial charge in [0.1, 0.15) is 5.75 Å². The number of aryl methyl sites for hydroxylation is 2. The normalized spacial score (nSPS) is 27.4. The summed E-state index contributed by atoms with van der Waals surface area (Å²) in [5, 5.41) is 0. The van der Waals surface area contributed by atoms with Crippen molar-refractivity contribution in [1.82, 2.24) is 0 Å². The lowest BCUT2D eigenvalue weighted by molar-refractivity contribution is -0.123. The molecule has 2 bridgehead atoms. The van der Waals surface area contributed by atoms with Gasteiger partial charge in [0.05, 0.1) is 23.1 Å². The number of esters is 1. The highest BCUT2D eigenvalue weighted by Crippen LogP contribution is 2.56. The molecule has 0 spiro atoms. The summed E-state index contributed by atoms with van der Waals surface area (Å²) in [5.41, 5.74) is 2.96. The maximum atomic E-state index is 12.9. The van der Waals surface area contributed by atoms with E-state index in [2.05, 4.69) is 0 Å². The van der Waals surface area contributed by atoms with Crippen LogP contribution in [0.25, 0.3) is 0 Å². The second-order valence-corrected chi connectivity index (χ2v) is 8.66. The molecule has 2 aliphatic carbocycles. The molecule has 0 N–H and O–H groups in total. The van der Waals surface area contributed by atoms with Crippen LogP contribution in [0.5, 0.6) is 5.75 Å². The Labute approximate surface area is 169 Å². The van der Waals surface area contributed by atoms with Crippen molar-refractivity contribution in [1.29, 1.82) is 0 Å². The first kappa shape index (κ1) is 18.1. The molecule has 1 aliphatic heterocycles. The van der Waals surface area contributed by atoms with Gasteiger partial charge in [0, 0.05) is 0 Å². The summed E-state index contributed by atoms with van der Waals surface area (Å²) in [6.45, 7) is 3.90. The van der Waals surface area contributed by atoms with Gasteiger partial charge >= 0.3 is 5.97 Å². The largest absolute Gasteiger partial charge is 0.423 e. The van der Waals surface area contributed by atoms with Crippen molar-refractivity contribution in [3.8, 4) is 5.75 Å². The zero-order valence-electron chi connectivity index (χ0n) is 16.6. The fraction of sp³-hybridized carbons (Fsp3) is 0.375. The van der Waals surface area contributed by atoms with Crippen molar-refractivity contribution < 1.29 is 19.1 Å². The van der Waals surface area contributed by atoms with Crippen LogP contribution in [0.4, 0.5) is 5.69 Å². The van der Waals surface area contributed by atoms with Gasteiger partial charge in [-0.25, -0.2) is 4.79 Å². The molecule has 2 saturated carbocycles. The number of hydrogen-bond donors (Lipinski definition) is 0. The Kier molecular flexibility index (Phi) is 4.09. The molecule has 0 aromatic heterocycles. The molecule has 29 heavy (non-hydrogen) atoms. The van der Waals surface area contributed by atoms with E-state index in [0.29, 0.717) is 28.8 Å². The summed E-state index contributed by atoms with van der Waals surface area (Å²) in [6, 6.07) is 12.2. The summed E-state index contributed by atoms with van der Waals surface area (Å²) in [7, 11) is 0. The first-order valence-corrected chi connectivity index (χ1v) is 10.2. The standard InChI is InChI=1S/C24H23NO4/c1-13-9-14(2)11-19(10-13)29-24(28)15-5-7-18(8-6-15)25-22(26)20-16-3-4-17(12-16)21(20)23(25)27/h5-11,16-17,20-21H,3-4,12H2,1-2H3/t16-,17-,20+,21+/m0/s1. The van der Waals surface area contributed by atoms with Gasteiger partial charge in [-0.15, -0.1) is 0 Å². The minimum Gasteiger partial charge on any atom is -0.423 e. The lowest BCUT2D eigenvalue weighted by Gasteiger charge is -2.19. The van der Waals surface area contributed by atoms with E-state index in [9.17, 15) is 14.4 Å².